The number of esters is 1. The van der Waals surface area contributed by atoms with E-state index in [0.717, 1.165) is 30.3 Å². The average molecular weight is 290 g/mol. The first-order valence-electron chi connectivity index (χ1n) is 8.48. The van der Waals surface area contributed by atoms with E-state index in [1.54, 1.807) is 0 Å². The van der Waals surface area contributed by atoms with Gasteiger partial charge in [0.05, 0.1) is 0 Å². The fourth-order valence-corrected chi connectivity index (χ4v) is 4.12. The highest BCUT2D eigenvalue weighted by atomic mass is 16.5. The zero-order valence-corrected chi connectivity index (χ0v) is 13.9. The van der Waals surface area contributed by atoms with Gasteiger partial charge in [0.1, 0.15) is 6.61 Å². The van der Waals surface area contributed by atoms with Crippen LogP contribution < -0.4 is 0 Å². The van der Waals surface area contributed by atoms with E-state index in [1.807, 2.05) is 6.92 Å². The van der Waals surface area contributed by atoms with E-state index in [-0.39, 0.29) is 5.97 Å². The smallest absolute Gasteiger partial charge is 0.306 e. The van der Waals surface area contributed by atoms with Gasteiger partial charge in [-0.15, -0.1) is 0 Å². The van der Waals surface area contributed by atoms with Gasteiger partial charge in [-0.05, 0) is 68.3 Å². The van der Waals surface area contributed by atoms with Gasteiger partial charge in [-0.3, -0.25) is 4.79 Å². The zero-order valence-electron chi connectivity index (χ0n) is 13.9. The summed E-state index contributed by atoms with van der Waals surface area (Å²) in [4.78, 5) is 11.4. The molecule has 2 nitrogen and oxygen atoms in total. The Hall–Kier alpha value is -1.05. The van der Waals surface area contributed by atoms with E-state index in [9.17, 15) is 4.79 Å². The van der Waals surface area contributed by atoms with Crippen LogP contribution in [0.5, 0.6) is 0 Å². The van der Waals surface area contributed by atoms with Gasteiger partial charge in [-0.2, -0.15) is 0 Å². The highest BCUT2D eigenvalue weighted by Gasteiger charge is 2.49. The molecule has 2 aliphatic carbocycles. The Morgan fingerprint density at radius 3 is 2.86 bits per heavy atom. The van der Waals surface area contributed by atoms with Crippen molar-refractivity contribution < 1.29 is 9.53 Å². The van der Waals surface area contributed by atoms with Crippen LogP contribution in [0, 0.1) is 17.3 Å². The second-order valence-corrected chi connectivity index (χ2v) is 7.15. The van der Waals surface area contributed by atoms with Crippen LogP contribution in [0.4, 0.5) is 0 Å². The highest BCUT2D eigenvalue weighted by molar-refractivity contribution is 5.69. The van der Waals surface area contributed by atoms with Crippen molar-refractivity contribution in [3.8, 4) is 0 Å². The van der Waals surface area contributed by atoms with Gasteiger partial charge in [-0.25, -0.2) is 0 Å². The predicted molar refractivity (Wildman–Crippen MR) is 86.9 cm³/mol. The number of rotatable bonds is 7. The third-order valence-electron chi connectivity index (χ3n) is 5.63. The third kappa shape index (κ3) is 3.59. The highest BCUT2D eigenvalue weighted by Crippen LogP contribution is 2.60. The van der Waals surface area contributed by atoms with Crippen LogP contribution in [-0.4, -0.2) is 12.6 Å². The molecule has 2 fully saturated rings. The molecule has 0 aromatic rings. The van der Waals surface area contributed by atoms with Crippen molar-refractivity contribution >= 4 is 5.97 Å². The molecule has 2 rings (SSSR count). The molecule has 0 N–H and O–H groups in total. The Labute approximate surface area is 129 Å². The summed E-state index contributed by atoms with van der Waals surface area (Å²) in [5, 5.41) is 0. The fraction of sp³-hybridized carbons (Fsp3) is 0.737. The molecular formula is C19H30O2. The molecule has 0 spiro atoms. The first-order chi connectivity index (χ1) is 9.97. The van der Waals surface area contributed by atoms with Crippen molar-refractivity contribution in [1.29, 1.82) is 0 Å². The van der Waals surface area contributed by atoms with E-state index in [0.29, 0.717) is 18.4 Å². The number of hydrogen-bond donors (Lipinski definition) is 0. The molecule has 2 bridgehead atoms. The number of ether oxygens (including phenoxy) is 1. The largest absolute Gasteiger partial charge is 0.461 e. The monoisotopic (exact) mass is 290 g/mol. The van der Waals surface area contributed by atoms with Gasteiger partial charge in [-0.1, -0.05) is 32.1 Å². The zero-order chi connectivity index (χ0) is 15.5. The number of carbonyl (C=O) groups is 1. The lowest BCUT2D eigenvalue weighted by Gasteiger charge is -2.36. The van der Waals surface area contributed by atoms with Crippen LogP contribution in [0.15, 0.2) is 23.8 Å². The summed E-state index contributed by atoms with van der Waals surface area (Å²) < 4.78 is 5.24. The maximum absolute atomic E-state index is 11.4. The maximum atomic E-state index is 11.4. The SMILES string of the molecule is C=C1C2CCC(C2)C1(C)CC/C=C(\C)COC(=O)CCC. The Balaban J connectivity index is 1.77. The summed E-state index contributed by atoms with van der Waals surface area (Å²) in [6, 6.07) is 0. The van der Waals surface area contributed by atoms with Crippen molar-refractivity contribution in [3.63, 3.8) is 0 Å². The van der Waals surface area contributed by atoms with Crippen molar-refractivity contribution in [2.24, 2.45) is 17.3 Å². The summed E-state index contributed by atoms with van der Waals surface area (Å²) in [6.07, 6.45) is 9.98. The molecule has 3 atom stereocenters. The average Bonchev–Trinajstić information content (AvgIpc) is 3.01. The van der Waals surface area contributed by atoms with Gasteiger partial charge < -0.3 is 4.74 Å². The number of hydrogen-bond acceptors (Lipinski definition) is 2. The van der Waals surface area contributed by atoms with Gasteiger partial charge in [0, 0.05) is 6.42 Å². The Bertz CT molecular complexity index is 435. The summed E-state index contributed by atoms with van der Waals surface area (Å²) in [5.41, 5.74) is 3.01. The lowest BCUT2D eigenvalue weighted by molar-refractivity contribution is -0.142. The second-order valence-electron chi connectivity index (χ2n) is 7.15. The topological polar surface area (TPSA) is 26.3 Å². The van der Waals surface area contributed by atoms with Gasteiger partial charge in [0.25, 0.3) is 0 Å². The van der Waals surface area contributed by atoms with E-state index >= 15 is 0 Å². The molecule has 0 heterocycles. The second kappa shape index (κ2) is 6.81. The van der Waals surface area contributed by atoms with Gasteiger partial charge in [0.2, 0.25) is 0 Å². The molecule has 0 radical (unpaired) electrons. The van der Waals surface area contributed by atoms with Crippen LogP contribution in [0.3, 0.4) is 0 Å². The van der Waals surface area contributed by atoms with Crippen LogP contribution in [0.25, 0.3) is 0 Å². The number of allylic oxidation sites excluding steroid dienone is 2. The Kier molecular flexibility index (Phi) is 5.29. The molecule has 0 aromatic carbocycles. The van der Waals surface area contributed by atoms with E-state index in [2.05, 4.69) is 26.5 Å². The van der Waals surface area contributed by atoms with Gasteiger partial charge >= 0.3 is 5.97 Å². The molecule has 0 aliphatic heterocycles. The normalized spacial score (nSPS) is 31.8. The van der Waals surface area contributed by atoms with Crippen LogP contribution in [0.1, 0.15) is 65.7 Å². The Morgan fingerprint density at radius 1 is 1.48 bits per heavy atom. The number of fused-ring (bicyclic) bond motifs is 2. The number of carbonyl (C=O) groups excluding carboxylic acids is 1. The Morgan fingerprint density at radius 2 is 2.24 bits per heavy atom. The molecule has 118 valence electrons. The molecule has 0 aromatic heterocycles. The molecule has 2 heteroatoms. The lowest BCUT2D eigenvalue weighted by Crippen LogP contribution is -2.26. The molecule has 2 aliphatic rings. The first-order valence-corrected chi connectivity index (χ1v) is 8.48. The molecule has 2 saturated carbocycles. The minimum Gasteiger partial charge on any atom is -0.461 e. The third-order valence-corrected chi connectivity index (χ3v) is 5.63. The minimum atomic E-state index is -0.0845. The fourth-order valence-electron chi connectivity index (χ4n) is 4.12. The van der Waals surface area contributed by atoms with Crippen LogP contribution in [0.2, 0.25) is 0 Å². The van der Waals surface area contributed by atoms with Crippen molar-refractivity contribution in [2.45, 2.75) is 65.7 Å². The first kappa shape index (κ1) is 16.3. The standard InChI is InChI=1S/C19H30O2/c1-5-7-18(20)21-13-14(2)8-6-11-19(4)15(3)16-9-10-17(19)12-16/h8,16-17H,3,5-7,9-13H2,1-2,4H3/b14-8+. The van der Waals surface area contributed by atoms with Crippen molar-refractivity contribution in [3.05, 3.63) is 23.8 Å². The minimum absolute atomic E-state index is 0.0845. The summed E-state index contributed by atoms with van der Waals surface area (Å²) in [6.45, 7) is 11.3. The summed E-state index contributed by atoms with van der Waals surface area (Å²) >= 11 is 0. The van der Waals surface area contributed by atoms with E-state index in [1.165, 1.54) is 31.3 Å². The van der Waals surface area contributed by atoms with Crippen LogP contribution >= 0.6 is 0 Å². The van der Waals surface area contributed by atoms with Gasteiger partial charge in [0.15, 0.2) is 0 Å². The van der Waals surface area contributed by atoms with E-state index in [4.69, 9.17) is 4.74 Å². The molecule has 3 unspecified atom stereocenters. The molecular weight excluding hydrogens is 260 g/mol. The van der Waals surface area contributed by atoms with Crippen molar-refractivity contribution in [1.82, 2.24) is 0 Å². The van der Waals surface area contributed by atoms with E-state index < -0.39 is 0 Å². The summed E-state index contributed by atoms with van der Waals surface area (Å²) in [5.74, 6) is 1.56. The molecule has 0 saturated heterocycles. The van der Waals surface area contributed by atoms with Crippen LogP contribution in [-0.2, 0) is 9.53 Å². The molecule has 0 amide bonds. The summed E-state index contributed by atoms with van der Waals surface area (Å²) in [7, 11) is 0. The lowest BCUT2D eigenvalue weighted by atomic mass is 9.69. The molecule has 21 heavy (non-hydrogen) atoms. The van der Waals surface area contributed by atoms with Crippen molar-refractivity contribution in [2.75, 3.05) is 6.61 Å². The predicted octanol–water partition coefficient (Wildman–Crippen LogP) is 5.05. The maximum Gasteiger partial charge on any atom is 0.306 e. The quantitative estimate of drug-likeness (QED) is 0.484.